The van der Waals surface area contributed by atoms with Crippen LogP contribution < -0.4 is 0 Å². The Morgan fingerprint density at radius 3 is 1.94 bits per heavy atom. The van der Waals surface area contributed by atoms with Crippen LogP contribution in [0.3, 0.4) is 0 Å². The van der Waals surface area contributed by atoms with Crippen LogP contribution in [0.15, 0.2) is 12.2 Å². The van der Waals surface area contributed by atoms with Crippen molar-refractivity contribution < 1.29 is 13.3 Å². The van der Waals surface area contributed by atoms with Gasteiger partial charge in [0.1, 0.15) is 0 Å². The molecule has 0 rings (SSSR count). The van der Waals surface area contributed by atoms with Gasteiger partial charge < -0.3 is 13.3 Å². The fourth-order valence-corrected chi connectivity index (χ4v) is 3.97. The van der Waals surface area contributed by atoms with Gasteiger partial charge in [0, 0.05) is 25.9 Å². The fourth-order valence-electron chi connectivity index (χ4n) is 1.51. The molecule has 0 aromatic heterocycles. The van der Waals surface area contributed by atoms with Crippen molar-refractivity contribution in [1.82, 2.24) is 0 Å². The molecule has 0 saturated heterocycles. The molecule has 102 valence electrons. The molecular weight excluding hydrogens is 232 g/mol. The maximum absolute atomic E-state index is 5.88. The summed E-state index contributed by atoms with van der Waals surface area (Å²) in [6, 6.07) is 0.786. The first-order chi connectivity index (χ1) is 8.24. The molecule has 0 aromatic carbocycles. The molecular formula is C13H28O3Si. The van der Waals surface area contributed by atoms with Crippen LogP contribution in [0, 0.1) is 0 Å². The SMILES string of the molecule is CCCC=CC[Si](OCC)(OCC)OCCC. The first-order valence-corrected chi connectivity index (χ1v) is 8.74. The van der Waals surface area contributed by atoms with Crippen LogP contribution in [0.2, 0.25) is 6.04 Å². The van der Waals surface area contributed by atoms with Crippen LogP contribution in [0.4, 0.5) is 0 Å². The van der Waals surface area contributed by atoms with Gasteiger partial charge >= 0.3 is 8.80 Å². The average Bonchev–Trinajstić information content (AvgIpc) is 2.33. The van der Waals surface area contributed by atoms with Gasteiger partial charge in [-0.25, -0.2) is 0 Å². The van der Waals surface area contributed by atoms with Gasteiger partial charge in [-0.15, -0.1) is 0 Å². The first kappa shape index (κ1) is 16.8. The van der Waals surface area contributed by atoms with E-state index < -0.39 is 8.80 Å². The standard InChI is InChI=1S/C13H28O3Si/c1-5-9-10-11-13-17(14-7-3,15-8-4)16-12-6-2/h10-11H,5-9,12-13H2,1-4H3. The third-order valence-corrected chi connectivity index (χ3v) is 5.08. The molecule has 0 atom stereocenters. The van der Waals surface area contributed by atoms with Crippen LogP contribution in [0.1, 0.15) is 47.0 Å². The van der Waals surface area contributed by atoms with Crippen LogP contribution in [-0.4, -0.2) is 28.6 Å². The minimum Gasteiger partial charge on any atom is -0.374 e. The second-order valence-corrected chi connectivity index (χ2v) is 6.50. The van der Waals surface area contributed by atoms with E-state index in [0.29, 0.717) is 19.8 Å². The van der Waals surface area contributed by atoms with E-state index in [1.165, 1.54) is 6.42 Å². The summed E-state index contributed by atoms with van der Waals surface area (Å²) in [6.45, 7) is 10.3. The third-order valence-electron chi connectivity index (χ3n) is 2.24. The van der Waals surface area contributed by atoms with Crippen molar-refractivity contribution in [2.75, 3.05) is 19.8 Å². The van der Waals surface area contributed by atoms with E-state index in [1.807, 2.05) is 13.8 Å². The van der Waals surface area contributed by atoms with Gasteiger partial charge in [0.05, 0.1) is 0 Å². The van der Waals surface area contributed by atoms with E-state index >= 15 is 0 Å². The second kappa shape index (κ2) is 11.0. The van der Waals surface area contributed by atoms with Crippen molar-refractivity contribution >= 4 is 8.80 Å². The molecule has 0 amide bonds. The van der Waals surface area contributed by atoms with Gasteiger partial charge in [-0.3, -0.25) is 0 Å². The molecule has 0 bridgehead atoms. The Hall–Kier alpha value is -0.163. The number of allylic oxidation sites excluding steroid dienone is 2. The number of hydrogen-bond acceptors (Lipinski definition) is 3. The molecule has 0 aromatic rings. The van der Waals surface area contributed by atoms with Crippen molar-refractivity contribution in [2.24, 2.45) is 0 Å². The lowest BCUT2D eigenvalue weighted by Gasteiger charge is -2.27. The van der Waals surface area contributed by atoms with Crippen molar-refractivity contribution in [3.05, 3.63) is 12.2 Å². The summed E-state index contributed by atoms with van der Waals surface area (Å²) in [5.41, 5.74) is 0. The maximum Gasteiger partial charge on any atom is 0.504 e. The zero-order valence-electron chi connectivity index (χ0n) is 11.8. The average molecular weight is 260 g/mol. The van der Waals surface area contributed by atoms with Crippen LogP contribution in [0.25, 0.3) is 0 Å². The molecule has 0 radical (unpaired) electrons. The third kappa shape index (κ3) is 7.71. The van der Waals surface area contributed by atoms with E-state index in [9.17, 15) is 0 Å². The molecule has 4 heteroatoms. The van der Waals surface area contributed by atoms with Crippen molar-refractivity contribution in [2.45, 2.75) is 53.0 Å². The van der Waals surface area contributed by atoms with Gasteiger partial charge in [-0.1, -0.05) is 32.4 Å². The van der Waals surface area contributed by atoms with Gasteiger partial charge in [0.15, 0.2) is 0 Å². The Kier molecular flexibility index (Phi) is 10.9. The molecule has 0 aliphatic heterocycles. The summed E-state index contributed by atoms with van der Waals surface area (Å²) in [5.74, 6) is 0. The lowest BCUT2D eigenvalue weighted by Crippen LogP contribution is -2.45. The minimum absolute atomic E-state index is 0.650. The van der Waals surface area contributed by atoms with E-state index in [2.05, 4.69) is 26.0 Å². The highest BCUT2D eigenvalue weighted by atomic mass is 28.4. The molecule has 17 heavy (non-hydrogen) atoms. The molecule has 0 fully saturated rings. The summed E-state index contributed by atoms with van der Waals surface area (Å²) in [5, 5.41) is 0. The quantitative estimate of drug-likeness (QED) is 0.418. The summed E-state index contributed by atoms with van der Waals surface area (Å²) in [7, 11) is -2.45. The zero-order valence-corrected chi connectivity index (χ0v) is 12.8. The van der Waals surface area contributed by atoms with Crippen LogP contribution >= 0.6 is 0 Å². The molecule has 0 spiro atoms. The van der Waals surface area contributed by atoms with E-state index in [4.69, 9.17) is 13.3 Å². The predicted molar refractivity (Wildman–Crippen MR) is 74.1 cm³/mol. The van der Waals surface area contributed by atoms with Crippen molar-refractivity contribution in [1.29, 1.82) is 0 Å². The molecule has 0 saturated carbocycles. The molecule has 0 aliphatic carbocycles. The molecule has 0 aliphatic rings. The molecule has 0 N–H and O–H groups in total. The topological polar surface area (TPSA) is 27.7 Å². The second-order valence-electron chi connectivity index (χ2n) is 3.86. The molecule has 3 nitrogen and oxygen atoms in total. The Morgan fingerprint density at radius 1 is 0.824 bits per heavy atom. The van der Waals surface area contributed by atoms with Gasteiger partial charge in [0.25, 0.3) is 0 Å². The summed E-state index contributed by atoms with van der Waals surface area (Å²) < 4.78 is 17.5. The zero-order chi connectivity index (χ0) is 13.0. The summed E-state index contributed by atoms with van der Waals surface area (Å²) in [4.78, 5) is 0. The normalized spacial score (nSPS) is 12.5. The largest absolute Gasteiger partial charge is 0.504 e. The van der Waals surface area contributed by atoms with Crippen LogP contribution in [-0.2, 0) is 13.3 Å². The van der Waals surface area contributed by atoms with Crippen molar-refractivity contribution in [3.8, 4) is 0 Å². The monoisotopic (exact) mass is 260 g/mol. The van der Waals surface area contributed by atoms with Gasteiger partial charge in [0.2, 0.25) is 0 Å². The highest BCUT2D eigenvalue weighted by molar-refractivity contribution is 6.61. The van der Waals surface area contributed by atoms with E-state index in [-0.39, 0.29) is 0 Å². The van der Waals surface area contributed by atoms with E-state index in [0.717, 1.165) is 18.9 Å². The maximum atomic E-state index is 5.88. The lowest BCUT2D eigenvalue weighted by atomic mass is 10.3. The number of rotatable bonds is 11. The Labute approximate surface area is 108 Å². The van der Waals surface area contributed by atoms with E-state index in [1.54, 1.807) is 0 Å². The molecule has 0 heterocycles. The first-order valence-electron chi connectivity index (χ1n) is 6.81. The highest BCUT2D eigenvalue weighted by Crippen LogP contribution is 2.17. The number of hydrogen-bond donors (Lipinski definition) is 0. The predicted octanol–water partition coefficient (Wildman–Crippen LogP) is 3.78. The minimum atomic E-state index is -2.45. The summed E-state index contributed by atoms with van der Waals surface area (Å²) in [6.07, 6.45) is 7.61. The van der Waals surface area contributed by atoms with Crippen molar-refractivity contribution in [3.63, 3.8) is 0 Å². The van der Waals surface area contributed by atoms with Crippen LogP contribution in [0.5, 0.6) is 0 Å². The fraction of sp³-hybridized carbons (Fsp3) is 0.846. The Bertz CT molecular complexity index is 189. The Balaban J connectivity index is 4.40. The number of unbranched alkanes of at least 4 members (excludes halogenated alkanes) is 1. The smallest absolute Gasteiger partial charge is 0.374 e. The van der Waals surface area contributed by atoms with Gasteiger partial charge in [-0.05, 0) is 26.7 Å². The highest BCUT2D eigenvalue weighted by Gasteiger charge is 2.39. The lowest BCUT2D eigenvalue weighted by molar-refractivity contribution is 0.0700. The summed E-state index contributed by atoms with van der Waals surface area (Å²) >= 11 is 0. The van der Waals surface area contributed by atoms with Gasteiger partial charge in [-0.2, -0.15) is 0 Å². The Morgan fingerprint density at radius 2 is 1.47 bits per heavy atom. The molecule has 0 unspecified atom stereocenters.